The minimum atomic E-state index is -0.502. The van der Waals surface area contributed by atoms with Crippen LogP contribution in [0.15, 0.2) is 30.1 Å². The Bertz CT molecular complexity index is 753. The Morgan fingerprint density at radius 1 is 1.50 bits per heavy atom. The number of anilines is 1. The molecule has 112 valence electrons. The number of aryl methyl sites for hydroxylation is 2. The lowest BCUT2D eigenvalue weighted by molar-refractivity contribution is -0.112. The summed E-state index contributed by atoms with van der Waals surface area (Å²) in [5, 5.41) is 16.0. The van der Waals surface area contributed by atoms with Crippen LogP contribution in [0.3, 0.4) is 0 Å². The molecular formula is C15H15N5O2. The van der Waals surface area contributed by atoms with E-state index in [1.807, 2.05) is 13.0 Å². The van der Waals surface area contributed by atoms with E-state index in [0.717, 1.165) is 11.3 Å². The van der Waals surface area contributed by atoms with Crippen molar-refractivity contribution in [3.8, 4) is 11.9 Å². The van der Waals surface area contributed by atoms with Crippen LogP contribution in [0.25, 0.3) is 6.08 Å². The van der Waals surface area contributed by atoms with Crippen molar-refractivity contribution in [3.05, 3.63) is 41.4 Å². The molecule has 7 nitrogen and oxygen atoms in total. The van der Waals surface area contributed by atoms with Crippen LogP contribution in [0.5, 0.6) is 5.88 Å². The smallest absolute Gasteiger partial charge is 0.266 e. The number of nitriles is 1. The van der Waals surface area contributed by atoms with Gasteiger partial charge in [-0.25, -0.2) is 4.98 Å². The fraction of sp³-hybridized carbons (Fsp3) is 0.200. The Morgan fingerprint density at radius 2 is 2.27 bits per heavy atom. The van der Waals surface area contributed by atoms with Crippen LogP contribution in [0.4, 0.5) is 5.69 Å². The zero-order valence-electron chi connectivity index (χ0n) is 12.5. The Hall–Kier alpha value is -3.14. The molecule has 0 aliphatic carbocycles. The predicted octanol–water partition coefficient (Wildman–Crippen LogP) is 1.68. The summed E-state index contributed by atoms with van der Waals surface area (Å²) < 4.78 is 6.57. The van der Waals surface area contributed by atoms with Gasteiger partial charge in [0.05, 0.1) is 24.7 Å². The third kappa shape index (κ3) is 3.49. The van der Waals surface area contributed by atoms with E-state index in [-0.39, 0.29) is 5.57 Å². The van der Waals surface area contributed by atoms with Crippen molar-refractivity contribution in [2.75, 3.05) is 12.4 Å². The highest BCUT2D eigenvalue weighted by atomic mass is 16.5. The molecule has 0 unspecified atom stereocenters. The Labute approximate surface area is 127 Å². The number of ether oxygens (including phenoxy) is 1. The molecule has 0 aliphatic rings. The molecule has 0 aromatic carbocycles. The first kappa shape index (κ1) is 15.3. The number of nitrogens with one attached hydrogen (secondary N) is 1. The Kier molecular flexibility index (Phi) is 4.53. The van der Waals surface area contributed by atoms with Crippen LogP contribution in [0.2, 0.25) is 0 Å². The molecule has 0 radical (unpaired) electrons. The molecule has 0 fully saturated rings. The number of nitrogens with zero attached hydrogens (tertiary/aromatic N) is 4. The average molecular weight is 297 g/mol. The van der Waals surface area contributed by atoms with Crippen molar-refractivity contribution in [2.45, 2.75) is 6.92 Å². The molecular weight excluding hydrogens is 282 g/mol. The average Bonchev–Trinajstić information content (AvgIpc) is 2.83. The fourth-order valence-corrected chi connectivity index (χ4v) is 1.84. The largest absolute Gasteiger partial charge is 0.481 e. The standard InChI is InChI=1S/C15H15N5O2/c1-10-12(9-20(2)19-10)6-11(7-16)15(21)18-13-4-5-14(22-3)17-8-13/h4-6,8-9H,1-3H3,(H,18,21). The summed E-state index contributed by atoms with van der Waals surface area (Å²) in [6, 6.07) is 5.17. The molecule has 2 heterocycles. The van der Waals surface area contributed by atoms with Crippen LogP contribution >= 0.6 is 0 Å². The number of hydrogen-bond acceptors (Lipinski definition) is 5. The van der Waals surface area contributed by atoms with Crippen molar-refractivity contribution in [1.82, 2.24) is 14.8 Å². The van der Waals surface area contributed by atoms with Gasteiger partial charge in [-0.1, -0.05) is 0 Å². The molecule has 1 N–H and O–H groups in total. The van der Waals surface area contributed by atoms with Crippen molar-refractivity contribution < 1.29 is 9.53 Å². The number of pyridine rings is 1. The van der Waals surface area contributed by atoms with E-state index in [1.165, 1.54) is 19.4 Å². The second-order valence-corrected chi connectivity index (χ2v) is 4.56. The predicted molar refractivity (Wildman–Crippen MR) is 81.0 cm³/mol. The van der Waals surface area contributed by atoms with Gasteiger partial charge < -0.3 is 10.1 Å². The highest BCUT2D eigenvalue weighted by Gasteiger charge is 2.11. The maximum Gasteiger partial charge on any atom is 0.266 e. The lowest BCUT2D eigenvalue weighted by Gasteiger charge is -2.04. The van der Waals surface area contributed by atoms with Gasteiger partial charge in [-0.3, -0.25) is 9.48 Å². The minimum Gasteiger partial charge on any atom is -0.481 e. The van der Waals surface area contributed by atoms with Gasteiger partial charge in [0.25, 0.3) is 5.91 Å². The molecule has 1 amide bonds. The van der Waals surface area contributed by atoms with Crippen molar-refractivity contribution in [2.24, 2.45) is 7.05 Å². The van der Waals surface area contributed by atoms with Gasteiger partial charge in [0.1, 0.15) is 11.6 Å². The summed E-state index contributed by atoms with van der Waals surface area (Å²) in [7, 11) is 3.28. The first-order valence-corrected chi connectivity index (χ1v) is 6.47. The summed E-state index contributed by atoms with van der Waals surface area (Å²) >= 11 is 0. The minimum absolute atomic E-state index is 0.00748. The summed E-state index contributed by atoms with van der Waals surface area (Å²) in [5.74, 6) is -0.0576. The second kappa shape index (κ2) is 6.54. The van der Waals surface area contributed by atoms with Crippen LogP contribution in [0, 0.1) is 18.3 Å². The molecule has 0 saturated heterocycles. The number of methoxy groups -OCH3 is 1. The van der Waals surface area contributed by atoms with Gasteiger partial charge in [0.15, 0.2) is 0 Å². The van der Waals surface area contributed by atoms with E-state index >= 15 is 0 Å². The van der Waals surface area contributed by atoms with Crippen molar-refractivity contribution in [1.29, 1.82) is 5.26 Å². The maximum absolute atomic E-state index is 12.1. The second-order valence-electron chi connectivity index (χ2n) is 4.56. The van der Waals surface area contributed by atoms with Crippen molar-refractivity contribution in [3.63, 3.8) is 0 Å². The number of carbonyl (C=O) groups excluding carboxylic acids is 1. The zero-order valence-corrected chi connectivity index (χ0v) is 12.5. The van der Waals surface area contributed by atoms with Crippen LogP contribution < -0.4 is 10.1 Å². The maximum atomic E-state index is 12.1. The van der Waals surface area contributed by atoms with Crippen molar-refractivity contribution >= 4 is 17.7 Å². The van der Waals surface area contributed by atoms with E-state index in [9.17, 15) is 10.1 Å². The Balaban J connectivity index is 2.18. The topological polar surface area (TPSA) is 92.8 Å². The molecule has 0 aliphatic heterocycles. The number of hydrogen-bond donors (Lipinski definition) is 1. The first-order valence-electron chi connectivity index (χ1n) is 6.47. The van der Waals surface area contributed by atoms with Gasteiger partial charge >= 0.3 is 0 Å². The molecule has 2 aromatic rings. The van der Waals surface area contributed by atoms with E-state index in [2.05, 4.69) is 15.4 Å². The number of carbonyl (C=O) groups is 1. The Morgan fingerprint density at radius 3 is 2.77 bits per heavy atom. The quantitative estimate of drug-likeness (QED) is 0.684. The van der Waals surface area contributed by atoms with E-state index in [1.54, 1.807) is 30.1 Å². The highest BCUT2D eigenvalue weighted by Crippen LogP contribution is 2.14. The highest BCUT2D eigenvalue weighted by molar-refractivity contribution is 6.09. The first-order chi connectivity index (χ1) is 10.5. The number of rotatable bonds is 4. The lowest BCUT2D eigenvalue weighted by atomic mass is 10.1. The third-order valence-electron chi connectivity index (χ3n) is 2.92. The molecule has 0 atom stereocenters. The van der Waals surface area contributed by atoms with Gasteiger partial charge in [-0.15, -0.1) is 0 Å². The monoisotopic (exact) mass is 297 g/mol. The number of amides is 1. The SMILES string of the molecule is COc1ccc(NC(=O)C(C#N)=Cc2cn(C)nc2C)cn1. The van der Waals surface area contributed by atoms with E-state index in [4.69, 9.17) is 4.74 Å². The molecule has 22 heavy (non-hydrogen) atoms. The van der Waals surface area contributed by atoms with Gasteiger partial charge in [-0.05, 0) is 19.1 Å². The molecule has 0 spiro atoms. The summed E-state index contributed by atoms with van der Waals surface area (Å²) in [4.78, 5) is 16.1. The summed E-state index contributed by atoms with van der Waals surface area (Å²) in [5.41, 5.74) is 1.94. The molecule has 2 aromatic heterocycles. The molecule has 7 heteroatoms. The third-order valence-corrected chi connectivity index (χ3v) is 2.92. The lowest BCUT2D eigenvalue weighted by Crippen LogP contribution is -2.13. The van der Waals surface area contributed by atoms with E-state index in [0.29, 0.717) is 11.6 Å². The molecule has 0 bridgehead atoms. The molecule has 0 saturated carbocycles. The normalized spacial score (nSPS) is 10.9. The molecule has 2 rings (SSSR count). The summed E-state index contributed by atoms with van der Waals surface area (Å²) in [6.45, 7) is 1.81. The van der Waals surface area contributed by atoms with Crippen LogP contribution in [-0.4, -0.2) is 27.8 Å². The van der Waals surface area contributed by atoms with Gasteiger partial charge in [-0.2, -0.15) is 10.4 Å². The van der Waals surface area contributed by atoms with Crippen LogP contribution in [0.1, 0.15) is 11.3 Å². The zero-order chi connectivity index (χ0) is 16.1. The fourth-order valence-electron chi connectivity index (χ4n) is 1.84. The van der Waals surface area contributed by atoms with Crippen LogP contribution in [-0.2, 0) is 11.8 Å². The van der Waals surface area contributed by atoms with Gasteiger partial charge in [0, 0.05) is 24.9 Å². The summed E-state index contributed by atoms with van der Waals surface area (Å²) in [6.07, 6.45) is 4.71. The van der Waals surface area contributed by atoms with Gasteiger partial charge in [0.2, 0.25) is 5.88 Å². The number of aromatic nitrogens is 3. The van der Waals surface area contributed by atoms with E-state index < -0.39 is 5.91 Å².